The minimum absolute atomic E-state index is 0.250. The number of rotatable bonds is 8. The molecule has 0 aromatic heterocycles. The van der Waals surface area contributed by atoms with Gasteiger partial charge in [-0.3, -0.25) is 4.79 Å². The van der Waals surface area contributed by atoms with Gasteiger partial charge in [-0.2, -0.15) is 9.59 Å². The van der Waals surface area contributed by atoms with Gasteiger partial charge in [0.2, 0.25) is 0 Å². The number of esters is 1. The van der Waals surface area contributed by atoms with E-state index in [9.17, 15) is 4.79 Å². The summed E-state index contributed by atoms with van der Waals surface area (Å²) >= 11 is 0. The van der Waals surface area contributed by atoms with Gasteiger partial charge >= 0.3 is 12.1 Å². The summed E-state index contributed by atoms with van der Waals surface area (Å²) in [6.45, 7) is 2.00. The predicted octanol–water partition coefficient (Wildman–Crippen LogP) is 0.412. The molecule has 106 valence electrons. The molecular weight excluding hydrogens is 276 g/mol. The summed E-state index contributed by atoms with van der Waals surface area (Å²) in [5, 5.41) is 0. The molecule has 8 heteroatoms. The van der Waals surface area contributed by atoms with Crippen molar-refractivity contribution in [2.45, 2.75) is 31.8 Å². The van der Waals surface area contributed by atoms with E-state index in [1.54, 1.807) is 21.6 Å². The lowest BCUT2D eigenvalue weighted by molar-refractivity contribution is -0.191. The molecule has 2 atom stereocenters. The SMILES string of the molecule is COC(=O)[C@H](N)CCSSCC[C@H](C)N.O=C=O. The van der Waals surface area contributed by atoms with Crippen LogP contribution in [-0.4, -0.2) is 42.8 Å². The van der Waals surface area contributed by atoms with Gasteiger partial charge in [0.25, 0.3) is 0 Å². The fraction of sp³-hybridized carbons (Fsp3) is 0.800. The molecule has 0 rings (SSSR count). The van der Waals surface area contributed by atoms with Gasteiger partial charge in [0.05, 0.1) is 7.11 Å². The molecule has 0 aromatic carbocycles. The monoisotopic (exact) mass is 296 g/mol. The summed E-state index contributed by atoms with van der Waals surface area (Å²) in [6.07, 6.45) is 1.92. The van der Waals surface area contributed by atoms with Gasteiger partial charge in [-0.1, -0.05) is 21.6 Å². The third kappa shape index (κ3) is 15.5. The molecule has 0 bridgehead atoms. The highest BCUT2D eigenvalue weighted by Crippen LogP contribution is 2.23. The Morgan fingerprint density at radius 2 is 1.67 bits per heavy atom. The zero-order valence-electron chi connectivity index (χ0n) is 10.6. The second-order valence-electron chi connectivity index (χ2n) is 3.41. The van der Waals surface area contributed by atoms with E-state index in [0.717, 1.165) is 17.9 Å². The maximum Gasteiger partial charge on any atom is 0.373 e. The van der Waals surface area contributed by atoms with Crippen LogP contribution < -0.4 is 11.5 Å². The van der Waals surface area contributed by atoms with Gasteiger partial charge in [-0.25, -0.2) is 0 Å². The second kappa shape index (κ2) is 14.5. The average Bonchev–Trinajstić information content (AvgIpc) is 2.32. The standard InChI is InChI=1S/C9H20N2O2S2.CO2/c1-7(10)3-5-14-15-6-4-8(11)9(12)13-2;2-1-3/h7-8H,3-6,10-11H2,1-2H3;/t7-,8+;/m0./s1. The third-order valence-corrected chi connectivity index (χ3v) is 4.23. The van der Waals surface area contributed by atoms with Crippen LogP contribution in [0.5, 0.6) is 0 Å². The highest BCUT2D eigenvalue weighted by molar-refractivity contribution is 8.76. The van der Waals surface area contributed by atoms with Crippen molar-refractivity contribution in [1.82, 2.24) is 0 Å². The highest BCUT2D eigenvalue weighted by atomic mass is 33.1. The molecule has 0 saturated carbocycles. The predicted molar refractivity (Wildman–Crippen MR) is 72.8 cm³/mol. The van der Waals surface area contributed by atoms with Crippen LogP contribution in [0.15, 0.2) is 0 Å². The van der Waals surface area contributed by atoms with E-state index < -0.39 is 6.04 Å². The molecule has 0 aliphatic heterocycles. The highest BCUT2D eigenvalue weighted by Gasteiger charge is 2.12. The van der Waals surface area contributed by atoms with Crippen LogP contribution >= 0.6 is 21.6 Å². The first-order valence-corrected chi connectivity index (χ1v) is 7.81. The number of hydrogen-bond acceptors (Lipinski definition) is 8. The van der Waals surface area contributed by atoms with Crippen molar-refractivity contribution in [3.8, 4) is 0 Å². The first-order chi connectivity index (χ1) is 8.49. The van der Waals surface area contributed by atoms with Gasteiger partial charge < -0.3 is 16.2 Å². The van der Waals surface area contributed by atoms with E-state index in [1.165, 1.54) is 7.11 Å². The summed E-state index contributed by atoms with van der Waals surface area (Å²) in [4.78, 5) is 27.2. The molecule has 0 radical (unpaired) electrons. The molecule has 6 nitrogen and oxygen atoms in total. The zero-order chi connectivity index (χ0) is 14.4. The van der Waals surface area contributed by atoms with Gasteiger partial charge in [-0.15, -0.1) is 0 Å². The summed E-state index contributed by atoms with van der Waals surface area (Å²) in [7, 11) is 4.85. The Morgan fingerprint density at radius 1 is 1.22 bits per heavy atom. The van der Waals surface area contributed by atoms with Crippen LogP contribution in [0.4, 0.5) is 0 Å². The minimum atomic E-state index is -0.489. The van der Waals surface area contributed by atoms with E-state index in [1.807, 2.05) is 6.92 Å². The number of carbonyl (C=O) groups is 1. The Bertz CT molecular complexity index is 246. The first-order valence-electron chi connectivity index (χ1n) is 5.32. The van der Waals surface area contributed by atoms with Crippen LogP contribution in [-0.2, 0) is 19.1 Å². The molecule has 18 heavy (non-hydrogen) atoms. The topological polar surface area (TPSA) is 112 Å². The number of ether oxygens (including phenoxy) is 1. The van der Waals surface area contributed by atoms with E-state index in [0.29, 0.717) is 6.42 Å². The lowest BCUT2D eigenvalue weighted by atomic mass is 10.2. The van der Waals surface area contributed by atoms with E-state index in [-0.39, 0.29) is 18.2 Å². The fourth-order valence-corrected chi connectivity index (χ4v) is 3.13. The van der Waals surface area contributed by atoms with Crippen LogP contribution in [0.25, 0.3) is 0 Å². The quantitative estimate of drug-likeness (QED) is 0.376. The molecule has 0 fully saturated rings. The van der Waals surface area contributed by atoms with E-state index in [2.05, 4.69) is 4.74 Å². The molecule has 0 amide bonds. The Labute approximate surface area is 115 Å². The molecule has 0 spiro atoms. The van der Waals surface area contributed by atoms with Gasteiger partial charge in [0.15, 0.2) is 0 Å². The van der Waals surface area contributed by atoms with Crippen molar-refractivity contribution in [1.29, 1.82) is 0 Å². The zero-order valence-corrected chi connectivity index (χ0v) is 12.2. The average molecular weight is 296 g/mol. The van der Waals surface area contributed by atoms with E-state index in [4.69, 9.17) is 21.1 Å². The number of carbonyl (C=O) groups excluding carboxylic acids is 3. The lowest BCUT2D eigenvalue weighted by Crippen LogP contribution is -2.31. The van der Waals surface area contributed by atoms with Crippen molar-refractivity contribution in [2.24, 2.45) is 11.5 Å². The molecule has 0 saturated heterocycles. The molecule has 0 aliphatic rings. The summed E-state index contributed by atoms with van der Waals surface area (Å²) in [6, 6.07) is -0.230. The van der Waals surface area contributed by atoms with Crippen LogP contribution in [0.3, 0.4) is 0 Å². The van der Waals surface area contributed by atoms with Crippen molar-refractivity contribution in [3.63, 3.8) is 0 Å². The van der Waals surface area contributed by atoms with Gasteiger partial charge in [0, 0.05) is 17.5 Å². The van der Waals surface area contributed by atoms with Crippen molar-refractivity contribution in [3.05, 3.63) is 0 Å². The van der Waals surface area contributed by atoms with Crippen LogP contribution in [0.2, 0.25) is 0 Å². The largest absolute Gasteiger partial charge is 0.468 e. The maximum absolute atomic E-state index is 10.9. The lowest BCUT2D eigenvalue weighted by Gasteiger charge is -2.08. The summed E-state index contributed by atoms with van der Waals surface area (Å²) in [5.41, 5.74) is 11.2. The fourth-order valence-electron chi connectivity index (χ4n) is 0.796. The molecule has 4 N–H and O–H groups in total. The van der Waals surface area contributed by atoms with Crippen molar-refractivity contribution < 1.29 is 19.1 Å². The molecular formula is C10H20N2O4S2. The Hall–Kier alpha value is -0.530. The Morgan fingerprint density at radius 3 is 2.06 bits per heavy atom. The summed E-state index contributed by atoms with van der Waals surface area (Å²) in [5.74, 6) is 1.56. The van der Waals surface area contributed by atoms with E-state index >= 15 is 0 Å². The van der Waals surface area contributed by atoms with Crippen molar-refractivity contribution in [2.75, 3.05) is 18.6 Å². The Balaban J connectivity index is 0. The smallest absolute Gasteiger partial charge is 0.373 e. The maximum atomic E-state index is 10.9. The number of nitrogens with two attached hydrogens (primary N) is 2. The summed E-state index contributed by atoms with van der Waals surface area (Å²) < 4.78 is 4.53. The third-order valence-electron chi connectivity index (χ3n) is 1.76. The molecule has 0 heterocycles. The van der Waals surface area contributed by atoms with Gasteiger partial charge in [0.1, 0.15) is 6.04 Å². The molecule has 0 aromatic rings. The molecule has 0 unspecified atom stereocenters. The number of hydrogen-bond donors (Lipinski definition) is 2. The van der Waals surface area contributed by atoms with Crippen LogP contribution in [0.1, 0.15) is 19.8 Å². The van der Waals surface area contributed by atoms with Crippen molar-refractivity contribution >= 4 is 33.7 Å². The normalized spacial score (nSPS) is 12.7. The van der Waals surface area contributed by atoms with Crippen LogP contribution in [0, 0.1) is 0 Å². The number of methoxy groups -OCH3 is 1. The Kier molecular flexibility index (Phi) is 16.0. The minimum Gasteiger partial charge on any atom is -0.468 e. The van der Waals surface area contributed by atoms with Gasteiger partial charge in [-0.05, 0) is 19.8 Å². The molecule has 0 aliphatic carbocycles. The second-order valence-corrected chi connectivity index (χ2v) is 6.11. The first kappa shape index (κ1) is 19.8.